The zero-order valence-corrected chi connectivity index (χ0v) is 20.3. The smallest absolute Gasteiger partial charge is 0.305 e. The zero-order chi connectivity index (χ0) is 24.4. The maximum absolute atomic E-state index is 11.7. The monoisotopic (exact) mass is 475 g/mol. The fourth-order valence-corrected chi connectivity index (χ4v) is 4.69. The summed E-state index contributed by atoms with van der Waals surface area (Å²) in [7, 11) is 0. The van der Waals surface area contributed by atoms with Crippen LogP contribution in [0.3, 0.4) is 0 Å². The number of nitrogens with zero attached hydrogens (tertiary/aromatic N) is 1. The number of aryl methyl sites for hydroxylation is 1. The van der Waals surface area contributed by atoms with Crippen LogP contribution < -0.4 is 0 Å². The third-order valence-corrected chi connectivity index (χ3v) is 6.65. The molecule has 1 fully saturated rings. The molecular weight excluding hydrogens is 434 g/mol. The molecule has 0 unspecified atom stereocenters. The number of rotatable bonds is 18. The van der Waals surface area contributed by atoms with Crippen molar-refractivity contribution < 1.29 is 24.6 Å². The molecule has 1 aliphatic carbocycles. The number of aliphatic hydroxyl groups is 1. The largest absolute Gasteiger partial charge is 0.466 e. The molecule has 0 radical (unpaired) electrons. The van der Waals surface area contributed by atoms with E-state index >= 15 is 0 Å². The minimum absolute atomic E-state index is 0.0338. The molecule has 0 aromatic heterocycles. The normalized spacial score (nSPS) is 18.7. The summed E-state index contributed by atoms with van der Waals surface area (Å²) in [5.41, 5.74) is 1.29. The van der Waals surface area contributed by atoms with Gasteiger partial charge in [-0.05, 0) is 81.6 Å². The van der Waals surface area contributed by atoms with Crippen LogP contribution in [0.15, 0.2) is 42.5 Å². The first kappa shape index (κ1) is 27.8. The Balaban J connectivity index is 1.49. The summed E-state index contributed by atoms with van der Waals surface area (Å²) in [6.07, 6.45) is 16.0. The van der Waals surface area contributed by atoms with Crippen molar-refractivity contribution in [2.75, 3.05) is 13.2 Å². The zero-order valence-electron chi connectivity index (χ0n) is 20.3. The SMILES string of the molecule is O=C(CCC/C=C\C[C@H]1CCC[C@@H]1CC[C@@H](O)CCc1ccccc1)OCCCCO[N+](=O)[O-]. The van der Waals surface area contributed by atoms with Crippen LogP contribution in [0.5, 0.6) is 0 Å². The van der Waals surface area contributed by atoms with Gasteiger partial charge in [-0.15, -0.1) is 10.1 Å². The lowest BCUT2D eigenvalue weighted by molar-refractivity contribution is -0.757. The van der Waals surface area contributed by atoms with Crippen LogP contribution >= 0.6 is 0 Å². The molecule has 2 rings (SSSR count). The first-order chi connectivity index (χ1) is 16.5. The van der Waals surface area contributed by atoms with Crippen molar-refractivity contribution in [1.82, 2.24) is 0 Å². The molecular formula is C27H41NO6. The number of hydrogen-bond donors (Lipinski definition) is 1. The van der Waals surface area contributed by atoms with E-state index in [0.29, 0.717) is 31.1 Å². The lowest BCUT2D eigenvalue weighted by Crippen LogP contribution is -2.13. The molecule has 1 aromatic rings. The second kappa shape index (κ2) is 17.1. The van der Waals surface area contributed by atoms with Gasteiger partial charge in [0.1, 0.15) is 0 Å². The van der Waals surface area contributed by atoms with E-state index in [0.717, 1.165) is 44.9 Å². The average molecular weight is 476 g/mol. The Hall–Kier alpha value is -2.41. The van der Waals surface area contributed by atoms with Gasteiger partial charge in [0, 0.05) is 6.42 Å². The summed E-state index contributed by atoms with van der Waals surface area (Å²) >= 11 is 0. The number of allylic oxidation sites excluding steroid dienone is 2. The van der Waals surface area contributed by atoms with Crippen molar-refractivity contribution in [1.29, 1.82) is 0 Å². The molecule has 0 aliphatic heterocycles. The Morgan fingerprint density at radius 1 is 1.09 bits per heavy atom. The van der Waals surface area contributed by atoms with Gasteiger partial charge in [0.05, 0.1) is 19.3 Å². The van der Waals surface area contributed by atoms with E-state index in [9.17, 15) is 20.0 Å². The maximum Gasteiger partial charge on any atom is 0.305 e. The van der Waals surface area contributed by atoms with E-state index in [4.69, 9.17) is 4.74 Å². The summed E-state index contributed by atoms with van der Waals surface area (Å²) < 4.78 is 5.13. The van der Waals surface area contributed by atoms with Crippen molar-refractivity contribution >= 4 is 5.97 Å². The van der Waals surface area contributed by atoms with Crippen LogP contribution in [-0.4, -0.2) is 35.5 Å². The maximum atomic E-state index is 11.7. The minimum atomic E-state index is -0.814. The van der Waals surface area contributed by atoms with Crippen molar-refractivity contribution in [2.45, 2.75) is 89.6 Å². The highest BCUT2D eigenvalue weighted by atomic mass is 16.9. The van der Waals surface area contributed by atoms with Crippen LogP contribution in [-0.2, 0) is 20.8 Å². The van der Waals surface area contributed by atoms with Gasteiger partial charge in [-0.3, -0.25) is 4.79 Å². The number of aliphatic hydroxyl groups excluding tert-OH is 1. The lowest BCUT2D eigenvalue weighted by Gasteiger charge is -2.20. The molecule has 0 bridgehead atoms. The number of carbonyl (C=O) groups is 1. The first-order valence-corrected chi connectivity index (χ1v) is 12.8. The van der Waals surface area contributed by atoms with Crippen LogP contribution in [0, 0.1) is 22.0 Å². The fraction of sp³-hybridized carbons (Fsp3) is 0.667. The van der Waals surface area contributed by atoms with Crippen LogP contribution in [0.2, 0.25) is 0 Å². The van der Waals surface area contributed by atoms with Gasteiger partial charge in [-0.2, -0.15) is 0 Å². The van der Waals surface area contributed by atoms with E-state index in [2.05, 4.69) is 29.1 Å². The number of benzene rings is 1. The van der Waals surface area contributed by atoms with Crippen molar-refractivity contribution in [3.8, 4) is 0 Å². The highest BCUT2D eigenvalue weighted by Gasteiger charge is 2.26. The summed E-state index contributed by atoms with van der Waals surface area (Å²) in [6, 6.07) is 10.4. The molecule has 34 heavy (non-hydrogen) atoms. The van der Waals surface area contributed by atoms with Crippen LogP contribution in [0.25, 0.3) is 0 Å². The molecule has 1 aliphatic rings. The predicted octanol–water partition coefficient (Wildman–Crippen LogP) is 5.82. The number of ether oxygens (including phenoxy) is 1. The van der Waals surface area contributed by atoms with Gasteiger partial charge in [-0.1, -0.05) is 55.3 Å². The fourth-order valence-electron chi connectivity index (χ4n) is 4.69. The van der Waals surface area contributed by atoms with Gasteiger partial charge < -0.3 is 14.7 Å². The molecule has 0 spiro atoms. The van der Waals surface area contributed by atoms with Gasteiger partial charge >= 0.3 is 5.97 Å². The second-order valence-corrected chi connectivity index (χ2v) is 9.29. The van der Waals surface area contributed by atoms with E-state index in [1.807, 2.05) is 18.2 Å². The molecule has 0 amide bonds. The molecule has 190 valence electrons. The van der Waals surface area contributed by atoms with Crippen molar-refractivity contribution in [3.05, 3.63) is 58.2 Å². The van der Waals surface area contributed by atoms with E-state index in [-0.39, 0.29) is 25.3 Å². The van der Waals surface area contributed by atoms with Crippen molar-refractivity contribution in [2.24, 2.45) is 11.8 Å². The average Bonchev–Trinajstić information content (AvgIpc) is 3.28. The number of carbonyl (C=O) groups excluding carboxylic acids is 1. The summed E-state index contributed by atoms with van der Waals surface area (Å²) in [5, 5.41) is 19.6. The standard InChI is InChI=1S/C27H41NO6/c29-26(19-17-23-11-4-3-5-12-23)20-18-25-15-10-14-24(25)13-6-1-2-7-16-27(30)33-21-8-9-22-34-28(31)32/h1,3-6,11-12,24-26,29H,2,7-10,13-22H2/b6-1-/t24-,25+,26-/m0/s1. The third-order valence-electron chi connectivity index (χ3n) is 6.65. The summed E-state index contributed by atoms with van der Waals surface area (Å²) in [6.45, 7) is 0.311. The summed E-state index contributed by atoms with van der Waals surface area (Å²) in [4.78, 5) is 25.9. The van der Waals surface area contributed by atoms with Gasteiger partial charge in [0.15, 0.2) is 0 Å². The number of esters is 1. The Morgan fingerprint density at radius 2 is 1.85 bits per heavy atom. The quantitative estimate of drug-likeness (QED) is 0.0943. The Bertz CT molecular complexity index is 723. The Kier molecular flexibility index (Phi) is 14.0. The molecule has 3 atom stereocenters. The van der Waals surface area contributed by atoms with Crippen LogP contribution in [0.1, 0.15) is 82.6 Å². The minimum Gasteiger partial charge on any atom is -0.466 e. The molecule has 1 saturated carbocycles. The van der Waals surface area contributed by atoms with E-state index < -0.39 is 5.09 Å². The Morgan fingerprint density at radius 3 is 2.65 bits per heavy atom. The third kappa shape index (κ3) is 12.7. The highest BCUT2D eigenvalue weighted by molar-refractivity contribution is 5.69. The topological polar surface area (TPSA) is 98.9 Å². The van der Waals surface area contributed by atoms with Crippen molar-refractivity contribution in [3.63, 3.8) is 0 Å². The van der Waals surface area contributed by atoms with Crippen LogP contribution in [0.4, 0.5) is 0 Å². The lowest BCUT2D eigenvalue weighted by atomic mass is 9.87. The second-order valence-electron chi connectivity index (χ2n) is 9.29. The molecule has 7 nitrogen and oxygen atoms in total. The van der Waals surface area contributed by atoms with Gasteiger partial charge in [0.25, 0.3) is 5.09 Å². The molecule has 0 saturated heterocycles. The number of hydrogen-bond acceptors (Lipinski definition) is 6. The van der Waals surface area contributed by atoms with E-state index in [1.54, 1.807) is 0 Å². The molecule has 0 heterocycles. The molecule has 1 N–H and O–H groups in total. The Labute approximate surface area is 203 Å². The molecule has 1 aromatic carbocycles. The number of unbranched alkanes of at least 4 members (excludes halogenated alkanes) is 2. The van der Waals surface area contributed by atoms with E-state index in [1.165, 1.54) is 24.8 Å². The van der Waals surface area contributed by atoms with Gasteiger partial charge in [-0.25, -0.2) is 0 Å². The highest BCUT2D eigenvalue weighted by Crippen LogP contribution is 2.37. The predicted molar refractivity (Wildman–Crippen MR) is 132 cm³/mol. The van der Waals surface area contributed by atoms with Gasteiger partial charge in [0.2, 0.25) is 0 Å². The summed E-state index contributed by atoms with van der Waals surface area (Å²) in [5.74, 6) is 1.20. The first-order valence-electron chi connectivity index (χ1n) is 12.8. The molecule has 7 heteroatoms.